The van der Waals surface area contributed by atoms with Gasteiger partial charge < -0.3 is 5.11 Å². The van der Waals surface area contributed by atoms with Crippen molar-refractivity contribution in [2.75, 3.05) is 0 Å². The van der Waals surface area contributed by atoms with Crippen molar-refractivity contribution >= 4 is 11.9 Å². The van der Waals surface area contributed by atoms with Gasteiger partial charge in [0.2, 0.25) is 0 Å². The van der Waals surface area contributed by atoms with Gasteiger partial charge in [0.1, 0.15) is 5.94 Å². The van der Waals surface area contributed by atoms with Crippen molar-refractivity contribution in [1.82, 2.24) is 0 Å². The molecule has 4 aliphatic rings. The van der Waals surface area contributed by atoms with Crippen molar-refractivity contribution in [3.8, 4) is 0 Å². The zero-order valence-corrected chi connectivity index (χ0v) is 16.9. The van der Waals surface area contributed by atoms with Crippen LogP contribution in [-0.2, 0) is 9.59 Å². The molecule has 3 nitrogen and oxygen atoms in total. The highest BCUT2D eigenvalue weighted by Gasteiger charge is 2.60. The number of carboxylic acids is 1. The number of allylic oxidation sites excluding steroid dienone is 2. The van der Waals surface area contributed by atoms with Crippen LogP contribution < -0.4 is 0 Å². The number of carbonyl (C=O) groups is 1. The van der Waals surface area contributed by atoms with Gasteiger partial charge in [0.05, 0.1) is 0 Å². The zero-order chi connectivity index (χ0) is 19.2. The molecule has 0 aromatic carbocycles. The first-order valence-corrected chi connectivity index (χ1v) is 11.1. The minimum atomic E-state index is -0.991. The smallest absolute Gasteiger partial charge is 0.328 e. The number of fused-ring (bicyclic) bond motifs is 5. The van der Waals surface area contributed by atoms with Crippen LogP contribution in [0.5, 0.6) is 0 Å². The van der Waals surface area contributed by atoms with Crippen LogP contribution in [0.4, 0.5) is 0 Å². The van der Waals surface area contributed by atoms with Crippen LogP contribution in [0.15, 0.2) is 17.7 Å². The summed E-state index contributed by atoms with van der Waals surface area (Å²) in [6.45, 7) is 4.97. The molecule has 4 saturated carbocycles. The fourth-order valence-electron chi connectivity index (χ4n) is 8.19. The summed E-state index contributed by atoms with van der Waals surface area (Å²) in [5.74, 6) is 4.54. The van der Waals surface area contributed by atoms with E-state index >= 15 is 0 Å². The van der Waals surface area contributed by atoms with E-state index in [9.17, 15) is 9.59 Å². The molecule has 0 heterocycles. The Balaban J connectivity index is 1.60. The summed E-state index contributed by atoms with van der Waals surface area (Å²) in [4.78, 5) is 22.6. The predicted octanol–water partition coefficient (Wildman–Crippen LogP) is 5.43. The van der Waals surface area contributed by atoms with E-state index in [4.69, 9.17) is 5.11 Å². The van der Waals surface area contributed by atoms with Crippen LogP contribution in [0.2, 0.25) is 0 Å². The molecule has 0 aromatic rings. The maximum Gasteiger partial charge on any atom is 0.328 e. The highest BCUT2D eigenvalue weighted by molar-refractivity contribution is 5.81. The third-order valence-electron chi connectivity index (χ3n) is 9.48. The van der Waals surface area contributed by atoms with Gasteiger partial charge in [-0.15, -0.1) is 0 Å². The topological polar surface area (TPSA) is 54.4 Å². The SMILES string of the molecule is C[C@]12CC[C@H]3[C@@H](CCC4CCCC[C@@]43C)[C@@H]1CC[C@@H]2C(=C=O)C=CC(=O)O. The molecule has 3 heteroatoms. The second-order valence-corrected chi connectivity index (χ2v) is 10.3. The summed E-state index contributed by atoms with van der Waals surface area (Å²) in [6, 6.07) is 0. The molecule has 0 spiro atoms. The fraction of sp³-hybridized carbons (Fsp3) is 0.792. The molecular weight excluding hydrogens is 336 g/mol. The lowest BCUT2D eigenvalue weighted by molar-refractivity contribution is -0.131. The van der Waals surface area contributed by atoms with Gasteiger partial charge in [-0.25, -0.2) is 9.59 Å². The quantitative estimate of drug-likeness (QED) is 0.409. The minimum Gasteiger partial charge on any atom is -0.478 e. The number of aliphatic carboxylic acids is 1. The summed E-state index contributed by atoms with van der Waals surface area (Å²) >= 11 is 0. The Kier molecular flexibility index (Phi) is 4.87. The van der Waals surface area contributed by atoms with Crippen LogP contribution in [0.25, 0.3) is 0 Å². The Morgan fingerprint density at radius 3 is 2.44 bits per heavy atom. The van der Waals surface area contributed by atoms with E-state index in [0.717, 1.165) is 30.3 Å². The monoisotopic (exact) mass is 370 g/mol. The highest BCUT2D eigenvalue weighted by Crippen LogP contribution is 2.68. The number of hydrogen-bond acceptors (Lipinski definition) is 2. The molecular formula is C24H34O3. The van der Waals surface area contributed by atoms with E-state index in [1.807, 2.05) is 0 Å². The van der Waals surface area contributed by atoms with E-state index in [-0.39, 0.29) is 11.3 Å². The van der Waals surface area contributed by atoms with E-state index in [1.54, 1.807) is 0 Å². The molecule has 0 radical (unpaired) electrons. The molecule has 27 heavy (non-hydrogen) atoms. The molecule has 1 N–H and O–H groups in total. The second-order valence-electron chi connectivity index (χ2n) is 10.3. The molecule has 7 atom stereocenters. The second kappa shape index (κ2) is 6.92. The third-order valence-corrected chi connectivity index (χ3v) is 9.48. The maximum atomic E-state index is 11.6. The fourth-order valence-corrected chi connectivity index (χ4v) is 8.19. The van der Waals surface area contributed by atoms with Crippen molar-refractivity contribution in [3.63, 3.8) is 0 Å². The lowest BCUT2D eigenvalue weighted by Crippen LogP contribution is -2.52. The van der Waals surface area contributed by atoms with Crippen molar-refractivity contribution in [1.29, 1.82) is 0 Å². The first-order chi connectivity index (χ1) is 12.9. The van der Waals surface area contributed by atoms with Gasteiger partial charge in [-0.2, -0.15) is 0 Å². The first kappa shape index (κ1) is 19.0. The van der Waals surface area contributed by atoms with E-state index < -0.39 is 5.97 Å². The Labute approximate surface area is 163 Å². The Hall–Kier alpha value is -1.34. The lowest BCUT2D eigenvalue weighted by Gasteiger charge is -2.60. The molecule has 0 aliphatic heterocycles. The Bertz CT molecular complexity index is 688. The van der Waals surface area contributed by atoms with Crippen molar-refractivity contribution < 1.29 is 14.7 Å². The van der Waals surface area contributed by atoms with E-state index in [2.05, 4.69) is 19.8 Å². The van der Waals surface area contributed by atoms with Crippen LogP contribution in [0.1, 0.15) is 78.1 Å². The minimum absolute atomic E-state index is 0.134. The van der Waals surface area contributed by atoms with Gasteiger partial charge >= 0.3 is 5.97 Å². The summed E-state index contributed by atoms with van der Waals surface area (Å²) in [5, 5.41) is 8.96. The van der Waals surface area contributed by atoms with Crippen LogP contribution >= 0.6 is 0 Å². The van der Waals surface area contributed by atoms with Gasteiger partial charge in [0.25, 0.3) is 0 Å². The molecule has 0 bridgehead atoms. The summed E-state index contributed by atoms with van der Waals surface area (Å²) < 4.78 is 0. The van der Waals surface area contributed by atoms with Gasteiger partial charge in [0.15, 0.2) is 0 Å². The molecule has 4 fully saturated rings. The Morgan fingerprint density at radius 1 is 0.926 bits per heavy atom. The number of carboxylic acid groups (broad SMARTS) is 1. The van der Waals surface area contributed by atoms with Gasteiger partial charge in [0, 0.05) is 17.6 Å². The van der Waals surface area contributed by atoms with Crippen molar-refractivity contribution in [2.45, 2.75) is 78.1 Å². The number of hydrogen-bond donors (Lipinski definition) is 1. The molecule has 148 valence electrons. The van der Waals surface area contributed by atoms with Crippen LogP contribution in [0.3, 0.4) is 0 Å². The summed E-state index contributed by atoms with van der Waals surface area (Å²) in [7, 11) is 0. The zero-order valence-electron chi connectivity index (χ0n) is 16.9. The molecule has 0 saturated heterocycles. The van der Waals surface area contributed by atoms with E-state index in [1.165, 1.54) is 63.9 Å². The van der Waals surface area contributed by atoms with Crippen LogP contribution in [-0.4, -0.2) is 17.0 Å². The van der Waals surface area contributed by atoms with E-state index in [0.29, 0.717) is 16.9 Å². The standard InChI is InChI=1S/C24H34O3/c1-23-13-4-3-5-17(23)7-8-18-20-10-9-19(16(15-25)6-11-22(26)27)24(20,2)14-12-21(18)23/h6,11,17-21H,3-5,7-10,12-14H2,1-2H3,(H,26,27)/t17?,18-,19+,20-,21-,23-,24+/m0/s1. The largest absolute Gasteiger partial charge is 0.478 e. The number of rotatable bonds is 3. The summed E-state index contributed by atoms with van der Waals surface area (Å²) in [5.41, 5.74) is 1.25. The van der Waals surface area contributed by atoms with Crippen molar-refractivity contribution in [3.05, 3.63) is 17.7 Å². The number of carbonyl (C=O) groups excluding carboxylic acids is 1. The maximum absolute atomic E-state index is 11.6. The third kappa shape index (κ3) is 2.94. The average Bonchev–Trinajstić information content (AvgIpc) is 2.99. The molecule has 1 unspecified atom stereocenters. The molecule has 0 aromatic heterocycles. The average molecular weight is 371 g/mol. The van der Waals surface area contributed by atoms with Crippen LogP contribution in [0, 0.1) is 40.4 Å². The molecule has 4 aliphatic carbocycles. The normalized spacial score (nSPS) is 46.2. The van der Waals surface area contributed by atoms with Gasteiger partial charge in [-0.05, 0) is 91.9 Å². The predicted molar refractivity (Wildman–Crippen MR) is 106 cm³/mol. The van der Waals surface area contributed by atoms with Gasteiger partial charge in [-0.3, -0.25) is 0 Å². The summed E-state index contributed by atoms with van der Waals surface area (Å²) in [6.07, 6.45) is 15.7. The van der Waals surface area contributed by atoms with Crippen molar-refractivity contribution in [2.24, 2.45) is 40.4 Å². The highest BCUT2D eigenvalue weighted by atomic mass is 16.4. The van der Waals surface area contributed by atoms with Gasteiger partial charge in [-0.1, -0.05) is 26.7 Å². The Morgan fingerprint density at radius 2 is 1.70 bits per heavy atom. The lowest BCUT2D eigenvalue weighted by atomic mass is 9.44. The molecule has 0 amide bonds. The first-order valence-electron chi connectivity index (χ1n) is 11.1. The molecule has 4 rings (SSSR count).